The van der Waals surface area contributed by atoms with E-state index in [1.54, 1.807) is 12.1 Å². The Morgan fingerprint density at radius 3 is 2.87 bits per heavy atom. The van der Waals surface area contributed by atoms with E-state index in [1.165, 1.54) is 6.07 Å². The SMILES string of the molecule is NCC1(Nc2ccccc2F)CCSC1. The molecule has 4 heteroatoms. The minimum absolute atomic E-state index is 0.118. The Morgan fingerprint density at radius 1 is 1.47 bits per heavy atom. The van der Waals surface area contributed by atoms with Crippen molar-refractivity contribution < 1.29 is 4.39 Å². The molecule has 1 fully saturated rings. The average Bonchev–Trinajstić information content (AvgIpc) is 2.71. The summed E-state index contributed by atoms with van der Waals surface area (Å²) in [6.07, 6.45) is 1.00. The van der Waals surface area contributed by atoms with Crippen molar-refractivity contribution in [1.82, 2.24) is 0 Å². The summed E-state index contributed by atoms with van der Waals surface area (Å²) in [5.41, 5.74) is 6.21. The number of halogens is 1. The molecule has 0 aromatic heterocycles. The summed E-state index contributed by atoms with van der Waals surface area (Å²) in [5.74, 6) is 1.85. The van der Waals surface area contributed by atoms with Gasteiger partial charge in [-0.25, -0.2) is 4.39 Å². The lowest BCUT2D eigenvalue weighted by Crippen LogP contribution is -2.45. The van der Waals surface area contributed by atoms with Crippen LogP contribution in [0.15, 0.2) is 24.3 Å². The Hall–Kier alpha value is -0.740. The van der Waals surface area contributed by atoms with Gasteiger partial charge in [-0.05, 0) is 24.3 Å². The number of thioether (sulfide) groups is 1. The molecule has 1 aliphatic rings. The normalized spacial score (nSPS) is 25.5. The van der Waals surface area contributed by atoms with Crippen LogP contribution in [0.1, 0.15) is 6.42 Å². The van der Waals surface area contributed by atoms with E-state index in [4.69, 9.17) is 5.73 Å². The number of para-hydroxylation sites is 1. The zero-order chi connectivity index (χ0) is 10.7. The third-order valence-corrected chi connectivity index (χ3v) is 4.02. The van der Waals surface area contributed by atoms with Gasteiger partial charge >= 0.3 is 0 Å². The fourth-order valence-corrected chi connectivity index (χ4v) is 3.17. The number of nitrogens with two attached hydrogens (primary N) is 1. The largest absolute Gasteiger partial charge is 0.375 e. The van der Waals surface area contributed by atoms with Crippen LogP contribution in [0.25, 0.3) is 0 Å². The maximum Gasteiger partial charge on any atom is 0.146 e. The van der Waals surface area contributed by atoms with E-state index >= 15 is 0 Å². The first-order chi connectivity index (χ1) is 7.26. The van der Waals surface area contributed by atoms with E-state index in [-0.39, 0.29) is 11.4 Å². The summed E-state index contributed by atoms with van der Waals surface area (Å²) in [4.78, 5) is 0. The molecule has 0 saturated carbocycles. The summed E-state index contributed by atoms with van der Waals surface area (Å²) < 4.78 is 13.4. The van der Waals surface area contributed by atoms with Gasteiger partial charge in [0.2, 0.25) is 0 Å². The molecule has 1 aromatic carbocycles. The van der Waals surface area contributed by atoms with Crippen molar-refractivity contribution in [3.05, 3.63) is 30.1 Å². The Bertz CT molecular complexity index is 337. The zero-order valence-electron chi connectivity index (χ0n) is 8.50. The van der Waals surface area contributed by atoms with Crippen LogP contribution in [0, 0.1) is 5.82 Å². The van der Waals surface area contributed by atoms with Crippen molar-refractivity contribution in [3.63, 3.8) is 0 Å². The van der Waals surface area contributed by atoms with Crippen LogP contribution in [0.3, 0.4) is 0 Å². The first-order valence-electron chi connectivity index (χ1n) is 5.06. The lowest BCUT2D eigenvalue weighted by atomic mass is 9.98. The zero-order valence-corrected chi connectivity index (χ0v) is 9.32. The van der Waals surface area contributed by atoms with Crippen LogP contribution in [0.2, 0.25) is 0 Å². The quantitative estimate of drug-likeness (QED) is 0.828. The molecule has 1 saturated heterocycles. The molecule has 2 rings (SSSR count). The van der Waals surface area contributed by atoms with E-state index in [2.05, 4.69) is 5.32 Å². The smallest absolute Gasteiger partial charge is 0.146 e. The molecule has 1 atom stereocenters. The Morgan fingerprint density at radius 2 is 2.27 bits per heavy atom. The maximum atomic E-state index is 13.4. The average molecular weight is 226 g/mol. The van der Waals surface area contributed by atoms with Crippen LogP contribution < -0.4 is 11.1 Å². The molecule has 1 aromatic rings. The highest BCUT2D eigenvalue weighted by atomic mass is 32.2. The van der Waals surface area contributed by atoms with E-state index in [9.17, 15) is 4.39 Å². The van der Waals surface area contributed by atoms with E-state index < -0.39 is 0 Å². The molecule has 1 heterocycles. The van der Waals surface area contributed by atoms with Gasteiger partial charge in [-0.1, -0.05) is 12.1 Å². The second-order valence-electron chi connectivity index (χ2n) is 3.89. The molecule has 0 spiro atoms. The minimum atomic E-state index is -0.206. The molecular formula is C11H15FN2S. The van der Waals surface area contributed by atoms with Gasteiger partial charge in [0.1, 0.15) is 5.82 Å². The second kappa shape index (κ2) is 4.41. The highest BCUT2D eigenvalue weighted by Gasteiger charge is 2.33. The highest BCUT2D eigenvalue weighted by molar-refractivity contribution is 7.99. The number of anilines is 1. The van der Waals surface area contributed by atoms with Crippen molar-refractivity contribution in [2.45, 2.75) is 12.0 Å². The molecule has 0 bridgehead atoms. The lowest BCUT2D eigenvalue weighted by molar-refractivity contribution is 0.529. The van der Waals surface area contributed by atoms with Gasteiger partial charge in [-0.3, -0.25) is 0 Å². The number of rotatable bonds is 3. The van der Waals surface area contributed by atoms with Gasteiger partial charge < -0.3 is 11.1 Å². The fraction of sp³-hybridized carbons (Fsp3) is 0.455. The standard InChI is InChI=1S/C11H15FN2S/c12-9-3-1-2-4-10(9)14-11(7-13)5-6-15-8-11/h1-4,14H,5-8,13H2. The minimum Gasteiger partial charge on any atom is -0.375 e. The first-order valence-corrected chi connectivity index (χ1v) is 6.22. The predicted octanol–water partition coefficient (Wildman–Crippen LogP) is 2.07. The van der Waals surface area contributed by atoms with Gasteiger partial charge in [0.05, 0.1) is 11.2 Å². The highest BCUT2D eigenvalue weighted by Crippen LogP contribution is 2.31. The predicted molar refractivity (Wildman–Crippen MR) is 63.8 cm³/mol. The summed E-state index contributed by atoms with van der Waals surface area (Å²) >= 11 is 1.87. The lowest BCUT2D eigenvalue weighted by Gasteiger charge is -2.29. The topological polar surface area (TPSA) is 38.0 Å². The van der Waals surface area contributed by atoms with Crippen molar-refractivity contribution >= 4 is 17.4 Å². The molecule has 2 nitrogen and oxygen atoms in total. The number of benzene rings is 1. The molecule has 0 aliphatic carbocycles. The summed E-state index contributed by atoms with van der Waals surface area (Å²) in [5, 5.41) is 3.25. The number of hydrogen-bond acceptors (Lipinski definition) is 3. The second-order valence-corrected chi connectivity index (χ2v) is 5.00. The summed E-state index contributed by atoms with van der Waals surface area (Å²) in [6.45, 7) is 0.550. The maximum absolute atomic E-state index is 13.4. The molecular weight excluding hydrogens is 211 g/mol. The molecule has 0 radical (unpaired) electrons. The molecule has 15 heavy (non-hydrogen) atoms. The van der Waals surface area contributed by atoms with Crippen LogP contribution in [0.4, 0.5) is 10.1 Å². The first kappa shape index (κ1) is 10.8. The number of hydrogen-bond donors (Lipinski definition) is 2. The van der Waals surface area contributed by atoms with Gasteiger partial charge in [0.15, 0.2) is 0 Å². The van der Waals surface area contributed by atoms with Gasteiger partial charge in [0.25, 0.3) is 0 Å². The third-order valence-electron chi connectivity index (χ3n) is 2.77. The van der Waals surface area contributed by atoms with Gasteiger partial charge in [-0.15, -0.1) is 0 Å². The molecule has 0 amide bonds. The van der Waals surface area contributed by atoms with Crippen molar-refractivity contribution in [2.24, 2.45) is 5.73 Å². The molecule has 1 aliphatic heterocycles. The van der Waals surface area contributed by atoms with Crippen LogP contribution in [-0.4, -0.2) is 23.6 Å². The fourth-order valence-electron chi connectivity index (χ4n) is 1.77. The molecule has 1 unspecified atom stereocenters. The Labute approximate surface area is 93.4 Å². The summed E-state index contributed by atoms with van der Waals surface area (Å²) in [6, 6.07) is 6.75. The third kappa shape index (κ3) is 2.26. The van der Waals surface area contributed by atoms with E-state index in [0.717, 1.165) is 17.9 Å². The van der Waals surface area contributed by atoms with Crippen LogP contribution >= 0.6 is 11.8 Å². The van der Waals surface area contributed by atoms with Gasteiger partial charge in [0, 0.05) is 12.3 Å². The van der Waals surface area contributed by atoms with Crippen molar-refractivity contribution in [1.29, 1.82) is 0 Å². The summed E-state index contributed by atoms with van der Waals surface area (Å²) in [7, 11) is 0. The van der Waals surface area contributed by atoms with Gasteiger partial charge in [-0.2, -0.15) is 11.8 Å². The number of nitrogens with one attached hydrogen (secondary N) is 1. The van der Waals surface area contributed by atoms with Crippen molar-refractivity contribution in [2.75, 3.05) is 23.4 Å². The van der Waals surface area contributed by atoms with Crippen molar-refractivity contribution in [3.8, 4) is 0 Å². The molecule has 82 valence electrons. The monoisotopic (exact) mass is 226 g/mol. The van der Waals surface area contributed by atoms with Crippen LogP contribution in [-0.2, 0) is 0 Å². The van der Waals surface area contributed by atoms with E-state index in [0.29, 0.717) is 12.2 Å². The Balaban J connectivity index is 2.16. The molecule has 3 N–H and O–H groups in total. The van der Waals surface area contributed by atoms with Crippen LogP contribution in [0.5, 0.6) is 0 Å². The van der Waals surface area contributed by atoms with E-state index in [1.807, 2.05) is 17.8 Å². The Kier molecular flexibility index (Phi) is 3.17.